The van der Waals surface area contributed by atoms with E-state index in [2.05, 4.69) is 20.8 Å². The summed E-state index contributed by atoms with van der Waals surface area (Å²) in [6, 6.07) is 10.5. The molecular formula is C13H11N5O3. The predicted octanol–water partition coefficient (Wildman–Crippen LogP) is 1.57. The fourth-order valence-electron chi connectivity index (χ4n) is 1.79. The largest absolute Gasteiger partial charge is 0.475 e. The number of aromatic nitrogens is 4. The Kier molecular flexibility index (Phi) is 3.34. The van der Waals surface area contributed by atoms with Crippen LogP contribution in [-0.4, -0.2) is 31.3 Å². The van der Waals surface area contributed by atoms with E-state index in [0.717, 1.165) is 11.4 Å². The molecule has 0 aliphatic heterocycles. The standard InChI is InChI=1S/C13H11N5O3/c19-13(20)12-6-5-11(21-12)7-14-9-1-3-10(4-2-9)18-8-15-16-17-18/h1-6,8,14H,7H2,(H,19,20). The highest BCUT2D eigenvalue weighted by atomic mass is 16.4. The van der Waals surface area contributed by atoms with Gasteiger partial charge in [0.15, 0.2) is 0 Å². The number of rotatable bonds is 5. The first-order chi connectivity index (χ1) is 10.2. The van der Waals surface area contributed by atoms with Crippen molar-refractivity contribution in [2.45, 2.75) is 6.54 Å². The van der Waals surface area contributed by atoms with Gasteiger partial charge in [0.2, 0.25) is 5.76 Å². The third-order valence-electron chi connectivity index (χ3n) is 2.82. The molecular weight excluding hydrogens is 274 g/mol. The van der Waals surface area contributed by atoms with Crippen LogP contribution >= 0.6 is 0 Å². The van der Waals surface area contributed by atoms with E-state index in [1.807, 2.05) is 24.3 Å². The summed E-state index contributed by atoms with van der Waals surface area (Å²) in [7, 11) is 0. The monoisotopic (exact) mass is 285 g/mol. The Bertz CT molecular complexity index is 734. The van der Waals surface area contributed by atoms with E-state index >= 15 is 0 Å². The quantitative estimate of drug-likeness (QED) is 0.732. The Labute approximate surface area is 119 Å². The summed E-state index contributed by atoms with van der Waals surface area (Å²) in [5.41, 5.74) is 1.72. The summed E-state index contributed by atoms with van der Waals surface area (Å²) in [6.07, 6.45) is 1.51. The molecule has 0 radical (unpaired) electrons. The third kappa shape index (κ3) is 2.89. The molecule has 8 nitrogen and oxygen atoms in total. The molecule has 2 aromatic heterocycles. The van der Waals surface area contributed by atoms with Gasteiger partial charge >= 0.3 is 5.97 Å². The van der Waals surface area contributed by atoms with Crippen molar-refractivity contribution in [3.05, 3.63) is 54.2 Å². The first-order valence-corrected chi connectivity index (χ1v) is 6.12. The van der Waals surface area contributed by atoms with Crippen LogP contribution < -0.4 is 5.32 Å². The zero-order valence-corrected chi connectivity index (χ0v) is 10.8. The van der Waals surface area contributed by atoms with Gasteiger partial charge in [-0.05, 0) is 46.8 Å². The first kappa shape index (κ1) is 12.9. The molecule has 21 heavy (non-hydrogen) atoms. The Morgan fingerprint density at radius 3 is 2.67 bits per heavy atom. The lowest BCUT2D eigenvalue weighted by atomic mass is 10.3. The van der Waals surface area contributed by atoms with Crippen LogP contribution in [0.2, 0.25) is 0 Å². The van der Waals surface area contributed by atoms with Crippen molar-refractivity contribution < 1.29 is 14.3 Å². The van der Waals surface area contributed by atoms with Crippen LogP contribution in [0.15, 0.2) is 47.1 Å². The van der Waals surface area contributed by atoms with E-state index in [1.165, 1.54) is 12.4 Å². The van der Waals surface area contributed by atoms with E-state index in [1.54, 1.807) is 10.7 Å². The lowest BCUT2D eigenvalue weighted by molar-refractivity contribution is 0.0660. The Morgan fingerprint density at radius 2 is 2.05 bits per heavy atom. The number of aromatic carboxylic acids is 1. The fraction of sp³-hybridized carbons (Fsp3) is 0.0769. The molecule has 0 spiro atoms. The third-order valence-corrected chi connectivity index (χ3v) is 2.82. The minimum absolute atomic E-state index is 0.0687. The summed E-state index contributed by atoms with van der Waals surface area (Å²) in [6.45, 7) is 0.400. The zero-order chi connectivity index (χ0) is 14.7. The Hall–Kier alpha value is -3.16. The number of anilines is 1. The minimum Gasteiger partial charge on any atom is -0.475 e. The van der Waals surface area contributed by atoms with Crippen LogP contribution in [0.3, 0.4) is 0 Å². The van der Waals surface area contributed by atoms with Crippen molar-refractivity contribution in [3.63, 3.8) is 0 Å². The Balaban J connectivity index is 1.64. The van der Waals surface area contributed by atoms with Gasteiger partial charge in [-0.1, -0.05) is 0 Å². The van der Waals surface area contributed by atoms with Crippen LogP contribution in [0.4, 0.5) is 5.69 Å². The summed E-state index contributed by atoms with van der Waals surface area (Å²) in [4.78, 5) is 10.7. The molecule has 3 rings (SSSR count). The molecule has 8 heteroatoms. The number of tetrazole rings is 1. The van der Waals surface area contributed by atoms with Crippen molar-refractivity contribution in [3.8, 4) is 5.69 Å². The highest BCUT2D eigenvalue weighted by Crippen LogP contribution is 2.14. The van der Waals surface area contributed by atoms with Crippen molar-refractivity contribution in [2.75, 3.05) is 5.32 Å². The molecule has 2 N–H and O–H groups in total. The smallest absolute Gasteiger partial charge is 0.371 e. The number of nitrogens with zero attached hydrogens (tertiary/aromatic N) is 4. The summed E-state index contributed by atoms with van der Waals surface area (Å²) < 4.78 is 6.71. The molecule has 0 amide bonds. The molecule has 0 unspecified atom stereocenters. The van der Waals surface area contributed by atoms with Crippen LogP contribution in [-0.2, 0) is 6.54 Å². The summed E-state index contributed by atoms with van der Waals surface area (Å²) in [5.74, 6) is -0.593. The van der Waals surface area contributed by atoms with Gasteiger partial charge in [-0.3, -0.25) is 0 Å². The van der Waals surface area contributed by atoms with Crippen molar-refractivity contribution in [1.29, 1.82) is 0 Å². The normalized spacial score (nSPS) is 10.5. The predicted molar refractivity (Wildman–Crippen MR) is 72.1 cm³/mol. The highest BCUT2D eigenvalue weighted by Gasteiger charge is 2.08. The lowest BCUT2D eigenvalue weighted by Crippen LogP contribution is -2.00. The maximum Gasteiger partial charge on any atom is 0.371 e. The first-order valence-electron chi connectivity index (χ1n) is 6.12. The van der Waals surface area contributed by atoms with Crippen LogP contribution in [0.1, 0.15) is 16.3 Å². The van der Waals surface area contributed by atoms with Gasteiger partial charge in [-0.25, -0.2) is 9.48 Å². The number of carboxylic acid groups (broad SMARTS) is 1. The van der Waals surface area contributed by atoms with Crippen molar-refractivity contribution >= 4 is 11.7 Å². The van der Waals surface area contributed by atoms with E-state index < -0.39 is 5.97 Å². The van der Waals surface area contributed by atoms with Gasteiger partial charge in [0.05, 0.1) is 12.2 Å². The van der Waals surface area contributed by atoms with Gasteiger partial charge in [0, 0.05) is 5.69 Å². The van der Waals surface area contributed by atoms with E-state index in [9.17, 15) is 4.79 Å². The van der Waals surface area contributed by atoms with Gasteiger partial charge in [-0.2, -0.15) is 0 Å². The van der Waals surface area contributed by atoms with Gasteiger partial charge in [-0.15, -0.1) is 5.10 Å². The molecule has 0 bridgehead atoms. The van der Waals surface area contributed by atoms with Gasteiger partial charge in [0.1, 0.15) is 12.1 Å². The second-order valence-electron chi connectivity index (χ2n) is 4.23. The molecule has 0 aliphatic carbocycles. The molecule has 2 heterocycles. The summed E-state index contributed by atoms with van der Waals surface area (Å²) >= 11 is 0. The summed E-state index contributed by atoms with van der Waals surface area (Å²) in [5, 5.41) is 22.8. The van der Waals surface area contributed by atoms with E-state index in [4.69, 9.17) is 9.52 Å². The number of nitrogens with one attached hydrogen (secondary N) is 1. The molecule has 0 saturated heterocycles. The molecule has 0 saturated carbocycles. The maximum atomic E-state index is 10.7. The number of carboxylic acids is 1. The van der Waals surface area contributed by atoms with Gasteiger partial charge in [0.25, 0.3) is 0 Å². The van der Waals surface area contributed by atoms with E-state index in [0.29, 0.717) is 12.3 Å². The minimum atomic E-state index is -1.08. The maximum absolute atomic E-state index is 10.7. The van der Waals surface area contributed by atoms with Crippen LogP contribution in [0.5, 0.6) is 0 Å². The lowest BCUT2D eigenvalue weighted by Gasteiger charge is -2.05. The van der Waals surface area contributed by atoms with Crippen molar-refractivity contribution in [2.24, 2.45) is 0 Å². The van der Waals surface area contributed by atoms with Crippen molar-refractivity contribution in [1.82, 2.24) is 20.2 Å². The SMILES string of the molecule is O=C(O)c1ccc(CNc2ccc(-n3cnnn3)cc2)o1. The molecule has 1 aromatic carbocycles. The highest BCUT2D eigenvalue weighted by molar-refractivity contribution is 5.84. The molecule has 3 aromatic rings. The zero-order valence-electron chi connectivity index (χ0n) is 10.8. The number of carbonyl (C=O) groups is 1. The average molecular weight is 285 g/mol. The number of hydrogen-bond donors (Lipinski definition) is 2. The molecule has 0 fully saturated rings. The molecule has 0 aliphatic rings. The van der Waals surface area contributed by atoms with E-state index in [-0.39, 0.29) is 5.76 Å². The Morgan fingerprint density at radius 1 is 1.24 bits per heavy atom. The second kappa shape index (κ2) is 5.45. The van der Waals surface area contributed by atoms with Crippen LogP contribution in [0, 0.1) is 0 Å². The van der Waals surface area contributed by atoms with Crippen LogP contribution in [0.25, 0.3) is 5.69 Å². The molecule has 106 valence electrons. The number of benzene rings is 1. The average Bonchev–Trinajstić information content (AvgIpc) is 3.17. The topological polar surface area (TPSA) is 106 Å². The van der Waals surface area contributed by atoms with Gasteiger partial charge < -0.3 is 14.8 Å². The molecule has 0 atom stereocenters. The number of furan rings is 1. The number of hydrogen-bond acceptors (Lipinski definition) is 6. The fourth-order valence-corrected chi connectivity index (χ4v) is 1.79. The second-order valence-corrected chi connectivity index (χ2v) is 4.23.